The number of thiocarbonyl (C=S) groups is 1. The molecule has 0 aromatic heterocycles. The first-order chi connectivity index (χ1) is 11.3. The van der Waals surface area contributed by atoms with Crippen LogP contribution < -0.4 is 10.7 Å². The molecule has 0 spiro atoms. The van der Waals surface area contributed by atoms with E-state index in [2.05, 4.69) is 52.8 Å². The molecule has 114 valence electrons. The molecule has 2 N–H and O–H groups in total. The van der Waals surface area contributed by atoms with E-state index in [1.165, 1.54) is 21.5 Å². The van der Waals surface area contributed by atoms with Crippen molar-refractivity contribution >= 4 is 45.1 Å². The molecule has 4 heteroatoms. The van der Waals surface area contributed by atoms with Gasteiger partial charge in [0, 0.05) is 12.1 Å². The molecule has 0 saturated carbocycles. The first-order valence-electron chi connectivity index (χ1n) is 7.38. The highest BCUT2D eigenvalue weighted by atomic mass is 32.1. The maximum atomic E-state index is 5.14. The lowest BCUT2D eigenvalue weighted by molar-refractivity contribution is 0.942. The fourth-order valence-corrected chi connectivity index (χ4v) is 2.68. The SMILES string of the molecule is C=CCNC(=S)NN=Cc1c2ccccc2cc2ccccc12. The Balaban J connectivity index is 2.00. The summed E-state index contributed by atoms with van der Waals surface area (Å²) in [6.45, 7) is 4.25. The molecule has 0 amide bonds. The molecule has 0 aliphatic rings. The fourth-order valence-electron chi connectivity index (χ4n) is 2.55. The van der Waals surface area contributed by atoms with E-state index in [0.717, 1.165) is 5.56 Å². The van der Waals surface area contributed by atoms with Crippen molar-refractivity contribution in [3.8, 4) is 0 Å². The van der Waals surface area contributed by atoms with Crippen LogP contribution in [0.2, 0.25) is 0 Å². The zero-order valence-electron chi connectivity index (χ0n) is 12.6. The van der Waals surface area contributed by atoms with Crippen molar-refractivity contribution in [2.75, 3.05) is 6.54 Å². The molecule has 3 aromatic carbocycles. The van der Waals surface area contributed by atoms with Crippen molar-refractivity contribution in [3.63, 3.8) is 0 Å². The van der Waals surface area contributed by atoms with Crippen LogP contribution in [-0.4, -0.2) is 17.9 Å². The molecule has 0 unspecified atom stereocenters. The summed E-state index contributed by atoms with van der Waals surface area (Å²) in [5.74, 6) is 0. The predicted molar refractivity (Wildman–Crippen MR) is 103 cm³/mol. The van der Waals surface area contributed by atoms with E-state index in [1.807, 2.05) is 30.5 Å². The van der Waals surface area contributed by atoms with Gasteiger partial charge in [0.25, 0.3) is 0 Å². The highest BCUT2D eigenvalue weighted by Crippen LogP contribution is 2.27. The van der Waals surface area contributed by atoms with Crippen LogP contribution in [0.4, 0.5) is 0 Å². The zero-order valence-corrected chi connectivity index (χ0v) is 13.4. The molecular weight excluding hydrogens is 302 g/mol. The molecular formula is C19H17N3S. The number of hydrazone groups is 1. The summed E-state index contributed by atoms with van der Waals surface area (Å²) in [7, 11) is 0. The lowest BCUT2D eigenvalue weighted by atomic mass is 9.97. The summed E-state index contributed by atoms with van der Waals surface area (Å²) in [4.78, 5) is 0. The first kappa shape index (κ1) is 15.2. The summed E-state index contributed by atoms with van der Waals surface area (Å²) >= 11 is 5.14. The average molecular weight is 319 g/mol. The van der Waals surface area contributed by atoms with Crippen molar-refractivity contribution in [1.29, 1.82) is 0 Å². The van der Waals surface area contributed by atoms with Gasteiger partial charge >= 0.3 is 0 Å². The number of rotatable bonds is 4. The first-order valence-corrected chi connectivity index (χ1v) is 7.78. The van der Waals surface area contributed by atoms with Crippen LogP contribution in [0, 0.1) is 0 Å². The lowest BCUT2D eigenvalue weighted by Gasteiger charge is -2.08. The Labute approximate surface area is 140 Å². The van der Waals surface area contributed by atoms with Crippen LogP contribution in [0.25, 0.3) is 21.5 Å². The maximum absolute atomic E-state index is 5.14. The summed E-state index contributed by atoms with van der Waals surface area (Å²) < 4.78 is 0. The van der Waals surface area contributed by atoms with Gasteiger partial charge in [0.1, 0.15) is 0 Å². The third kappa shape index (κ3) is 3.38. The van der Waals surface area contributed by atoms with Gasteiger partial charge < -0.3 is 5.32 Å². The molecule has 23 heavy (non-hydrogen) atoms. The Morgan fingerprint density at radius 3 is 2.26 bits per heavy atom. The third-order valence-corrected chi connectivity index (χ3v) is 3.82. The van der Waals surface area contributed by atoms with E-state index in [4.69, 9.17) is 12.2 Å². The van der Waals surface area contributed by atoms with Gasteiger partial charge in [-0.3, -0.25) is 5.43 Å². The molecule has 3 aromatic rings. The standard InChI is InChI=1S/C19H17N3S/c1-2-11-20-19(23)22-21-13-18-16-9-5-3-7-14(16)12-15-8-4-6-10-17(15)18/h2-10,12-13H,1,11H2,(H2,20,22,23). The van der Waals surface area contributed by atoms with Crippen LogP contribution in [0.3, 0.4) is 0 Å². The number of nitrogens with zero attached hydrogens (tertiary/aromatic N) is 1. The Kier molecular flexibility index (Phi) is 4.64. The molecule has 0 bridgehead atoms. The largest absolute Gasteiger partial charge is 0.358 e. The molecule has 0 fully saturated rings. The number of fused-ring (bicyclic) bond motifs is 2. The van der Waals surface area contributed by atoms with E-state index in [9.17, 15) is 0 Å². The van der Waals surface area contributed by atoms with Crippen molar-refractivity contribution in [1.82, 2.24) is 10.7 Å². The van der Waals surface area contributed by atoms with Gasteiger partial charge in [-0.15, -0.1) is 6.58 Å². The highest BCUT2D eigenvalue weighted by molar-refractivity contribution is 7.80. The molecule has 0 aliphatic heterocycles. The quantitative estimate of drug-likeness (QED) is 0.251. The summed E-state index contributed by atoms with van der Waals surface area (Å²) in [6, 6.07) is 18.8. The van der Waals surface area contributed by atoms with Crippen LogP contribution in [0.15, 0.2) is 72.4 Å². The second kappa shape index (κ2) is 7.03. The van der Waals surface area contributed by atoms with Crippen molar-refractivity contribution in [2.24, 2.45) is 5.10 Å². The van der Waals surface area contributed by atoms with Crippen molar-refractivity contribution in [2.45, 2.75) is 0 Å². The topological polar surface area (TPSA) is 36.4 Å². The molecule has 0 atom stereocenters. The van der Waals surface area contributed by atoms with E-state index < -0.39 is 0 Å². The Hall–Kier alpha value is -2.72. The van der Waals surface area contributed by atoms with Crippen LogP contribution >= 0.6 is 12.2 Å². The smallest absolute Gasteiger partial charge is 0.187 e. The number of benzene rings is 3. The molecule has 0 saturated heterocycles. The van der Waals surface area contributed by atoms with Crippen LogP contribution in [-0.2, 0) is 0 Å². The zero-order chi connectivity index (χ0) is 16.1. The van der Waals surface area contributed by atoms with Gasteiger partial charge in [-0.1, -0.05) is 54.6 Å². The van der Waals surface area contributed by atoms with Gasteiger partial charge in [-0.25, -0.2) is 0 Å². The minimum absolute atomic E-state index is 0.477. The number of hydrogen-bond acceptors (Lipinski definition) is 2. The van der Waals surface area contributed by atoms with Crippen LogP contribution in [0.1, 0.15) is 5.56 Å². The average Bonchev–Trinajstić information content (AvgIpc) is 2.59. The van der Waals surface area contributed by atoms with Gasteiger partial charge in [0.2, 0.25) is 0 Å². The van der Waals surface area contributed by atoms with Gasteiger partial charge in [0.15, 0.2) is 5.11 Å². The van der Waals surface area contributed by atoms with Crippen molar-refractivity contribution < 1.29 is 0 Å². The van der Waals surface area contributed by atoms with Crippen LogP contribution in [0.5, 0.6) is 0 Å². The van der Waals surface area contributed by atoms with Crippen molar-refractivity contribution in [3.05, 3.63) is 72.8 Å². The normalized spacial score (nSPS) is 11.0. The number of hydrogen-bond donors (Lipinski definition) is 2. The molecule has 0 aliphatic carbocycles. The second-order valence-corrected chi connectivity index (χ2v) is 5.51. The molecule has 0 heterocycles. The predicted octanol–water partition coefficient (Wildman–Crippen LogP) is 3.98. The monoisotopic (exact) mass is 319 g/mol. The molecule has 3 nitrogen and oxygen atoms in total. The summed E-state index contributed by atoms with van der Waals surface area (Å²) in [5.41, 5.74) is 3.92. The molecule has 0 radical (unpaired) electrons. The summed E-state index contributed by atoms with van der Waals surface area (Å²) in [6.07, 6.45) is 3.57. The van der Waals surface area contributed by atoms with E-state index in [1.54, 1.807) is 6.08 Å². The highest BCUT2D eigenvalue weighted by Gasteiger charge is 2.05. The van der Waals surface area contributed by atoms with E-state index in [-0.39, 0.29) is 0 Å². The van der Waals surface area contributed by atoms with E-state index >= 15 is 0 Å². The van der Waals surface area contributed by atoms with Gasteiger partial charge in [-0.2, -0.15) is 5.10 Å². The number of nitrogens with one attached hydrogen (secondary N) is 2. The van der Waals surface area contributed by atoms with Gasteiger partial charge in [0.05, 0.1) is 6.21 Å². The fraction of sp³-hybridized carbons (Fsp3) is 0.0526. The van der Waals surface area contributed by atoms with Gasteiger partial charge in [-0.05, 0) is 39.8 Å². The second-order valence-electron chi connectivity index (χ2n) is 5.10. The third-order valence-electron chi connectivity index (χ3n) is 3.58. The molecule has 3 rings (SSSR count). The maximum Gasteiger partial charge on any atom is 0.187 e. The van der Waals surface area contributed by atoms with E-state index in [0.29, 0.717) is 11.7 Å². The summed E-state index contributed by atoms with van der Waals surface area (Å²) in [5, 5.41) is 12.5. The minimum Gasteiger partial charge on any atom is -0.358 e. The lowest BCUT2D eigenvalue weighted by Crippen LogP contribution is -2.31. The Morgan fingerprint density at radius 1 is 1.04 bits per heavy atom. The Bertz CT molecular complexity index is 845. The Morgan fingerprint density at radius 2 is 1.65 bits per heavy atom. The minimum atomic E-state index is 0.477.